The van der Waals surface area contributed by atoms with Gasteiger partial charge in [-0.1, -0.05) is 0 Å². The molecule has 12 heavy (non-hydrogen) atoms. The van der Waals surface area contributed by atoms with Crippen molar-refractivity contribution in [3.05, 3.63) is 10.1 Å². The fraction of sp³-hybridized carbons (Fsp3) is 1.00. The summed E-state index contributed by atoms with van der Waals surface area (Å²) in [7, 11) is 0. The molecule has 1 rings (SSSR count). The van der Waals surface area contributed by atoms with Gasteiger partial charge in [0, 0.05) is 6.42 Å². The van der Waals surface area contributed by atoms with E-state index in [4.69, 9.17) is 9.84 Å². The van der Waals surface area contributed by atoms with E-state index in [0.29, 0.717) is 6.42 Å². The Bertz CT molecular complexity index is 173. The van der Waals surface area contributed by atoms with Crippen LogP contribution in [0.5, 0.6) is 0 Å². The number of aliphatic hydroxyl groups is 1. The number of hydrogen-bond donors (Lipinski definition) is 1. The predicted molar refractivity (Wildman–Crippen MR) is 37.9 cm³/mol. The third kappa shape index (κ3) is 2.05. The summed E-state index contributed by atoms with van der Waals surface area (Å²) in [5, 5.41) is 17.9. The van der Waals surface area contributed by atoms with Crippen molar-refractivity contribution in [3.8, 4) is 0 Å². The molecule has 0 aromatic heterocycles. The zero-order valence-electron chi connectivity index (χ0n) is 6.67. The molecule has 0 bridgehead atoms. The molecule has 0 aromatic carbocycles. The summed E-state index contributed by atoms with van der Waals surface area (Å²) in [5.74, 6) is 0. The van der Waals surface area contributed by atoms with E-state index in [1.807, 2.05) is 0 Å². The Morgan fingerprint density at radius 1 is 1.83 bits per heavy atom. The third-order valence-electron chi connectivity index (χ3n) is 1.79. The highest BCUT2D eigenvalue weighted by atomic mass is 17.0. The van der Waals surface area contributed by atoms with Crippen LogP contribution in [0.15, 0.2) is 0 Å². The van der Waals surface area contributed by atoms with Crippen LogP contribution in [0.25, 0.3) is 0 Å². The van der Waals surface area contributed by atoms with E-state index in [1.165, 1.54) is 0 Å². The van der Waals surface area contributed by atoms with Crippen molar-refractivity contribution in [2.24, 2.45) is 0 Å². The Kier molecular flexibility index (Phi) is 2.83. The van der Waals surface area contributed by atoms with Gasteiger partial charge in [0.15, 0.2) is 0 Å². The Morgan fingerprint density at radius 2 is 2.50 bits per heavy atom. The smallest absolute Gasteiger partial charge is 0.294 e. The molecule has 0 unspecified atom stereocenters. The Labute approximate surface area is 69.2 Å². The molecule has 6 nitrogen and oxygen atoms in total. The van der Waals surface area contributed by atoms with E-state index in [-0.39, 0.29) is 12.7 Å². The molecule has 1 saturated heterocycles. The second kappa shape index (κ2) is 3.68. The summed E-state index contributed by atoms with van der Waals surface area (Å²) in [6, 6.07) is 0. The second-order valence-corrected chi connectivity index (χ2v) is 2.77. The first kappa shape index (κ1) is 9.21. The number of rotatable bonds is 3. The van der Waals surface area contributed by atoms with Crippen LogP contribution in [0, 0.1) is 10.1 Å². The van der Waals surface area contributed by atoms with Crippen molar-refractivity contribution in [3.63, 3.8) is 0 Å². The minimum absolute atomic E-state index is 0.0906. The summed E-state index contributed by atoms with van der Waals surface area (Å²) in [6.07, 6.45) is -0.829. The average Bonchev–Trinajstić information content (AvgIpc) is 2.29. The highest BCUT2D eigenvalue weighted by molar-refractivity contribution is 4.79. The molecule has 3 atom stereocenters. The van der Waals surface area contributed by atoms with Gasteiger partial charge in [-0.15, -0.1) is 10.1 Å². The number of hydrogen-bond acceptors (Lipinski definition) is 5. The molecular weight excluding hydrogens is 166 g/mol. The lowest BCUT2D eigenvalue weighted by Gasteiger charge is -2.12. The lowest BCUT2D eigenvalue weighted by atomic mass is 10.1. The van der Waals surface area contributed by atoms with Crippen LogP contribution in [0.2, 0.25) is 0 Å². The number of aliphatic hydroxyl groups excluding tert-OH is 1. The van der Waals surface area contributed by atoms with Crippen LogP contribution in [0.4, 0.5) is 0 Å². The molecule has 0 saturated carbocycles. The zero-order chi connectivity index (χ0) is 9.14. The van der Waals surface area contributed by atoms with Crippen LogP contribution in [0.3, 0.4) is 0 Å². The molecule has 6 heteroatoms. The van der Waals surface area contributed by atoms with E-state index in [9.17, 15) is 10.1 Å². The first-order valence-electron chi connectivity index (χ1n) is 3.71. The van der Waals surface area contributed by atoms with Gasteiger partial charge >= 0.3 is 0 Å². The number of ether oxygens (including phenoxy) is 1. The molecule has 0 spiro atoms. The maximum Gasteiger partial charge on any atom is 0.294 e. The highest BCUT2D eigenvalue weighted by Crippen LogP contribution is 2.22. The molecule has 1 heterocycles. The quantitative estimate of drug-likeness (QED) is 0.474. The van der Waals surface area contributed by atoms with Crippen molar-refractivity contribution in [1.29, 1.82) is 0 Å². The van der Waals surface area contributed by atoms with Gasteiger partial charge in [0.2, 0.25) is 0 Å². The molecule has 1 fully saturated rings. The molecule has 0 aliphatic carbocycles. The summed E-state index contributed by atoms with van der Waals surface area (Å²) >= 11 is 0. The molecule has 0 amide bonds. The summed E-state index contributed by atoms with van der Waals surface area (Å²) in [6.45, 7) is 1.54. The third-order valence-corrected chi connectivity index (χ3v) is 1.79. The average molecular weight is 177 g/mol. The van der Waals surface area contributed by atoms with E-state index in [1.54, 1.807) is 6.92 Å². The Morgan fingerprint density at radius 3 is 3.00 bits per heavy atom. The molecule has 1 aliphatic heterocycles. The first-order chi connectivity index (χ1) is 5.63. The largest absolute Gasteiger partial charge is 0.394 e. The highest BCUT2D eigenvalue weighted by Gasteiger charge is 2.35. The molecular formula is C6H11NO5. The maximum atomic E-state index is 9.97. The van der Waals surface area contributed by atoms with Crippen molar-refractivity contribution in [1.82, 2.24) is 0 Å². The lowest BCUT2D eigenvalue weighted by Crippen LogP contribution is -2.29. The first-order valence-corrected chi connectivity index (χ1v) is 3.71. The van der Waals surface area contributed by atoms with Gasteiger partial charge in [0.1, 0.15) is 12.2 Å². The minimum atomic E-state index is -0.852. The molecule has 0 aromatic rings. The Hall–Kier alpha value is -0.880. The van der Waals surface area contributed by atoms with Gasteiger partial charge in [-0.3, -0.25) is 0 Å². The molecule has 1 N–H and O–H groups in total. The summed E-state index contributed by atoms with van der Waals surface area (Å²) in [4.78, 5) is 14.3. The minimum Gasteiger partial charge on any atom is -0.394 e. The van der Waals surface area contributed by atoms with Gasteiger partial charge < -0.3 is 14.7 Å². The molecule has 0 radical (unpaired) electrons. The van der Waals surface area contributed by atoms with Gasteiger partial charge in [0.05, 0.1) is 12.7 Å². The van der Waals surface area contributed by atoms with E-state index in [2.05, 4.69) is 4.84 Å². The van der Waals surface area contributed by atoms with Crippen LogP contribution in [-0.2, 0) is 9.57 Å². The monoisotopic (exact) mass is 177 g/mol. The summed E-state index contributed by atoms with van der Waals surface area (Å²) < 4.78 is 5.14. The van der Waals surface area contributed by atoms with E-state index >= 15 is 0 Å². The summed E-state index contributed by atoms with van der Waals surface area (Å²) in [5.41, 5.74) is 0. The van der Waals surface area contributed by atoms with Crippen LogP contribution >= 0.6 is 0 Å². The van der Waals surface area contributed by atoms with Crippen LogP contribution in [-0.4, -0.2) is 35.1 Å². The fourth-order valence-corrected chi connectivity index (χ4v) is 1.30. The van der Waals surface area contributed by atoms with Crippen molar-refractivity contribution in [2.45, 2.75) is 31.7 Å². The van der Waals surface area contributed by atoms with Crippen LogP contribution in [0.1, 0.15) is 13.3 Å². The molecule has 1 aliphatic rings. The van der Waals surface area contributed by atoms with Crippen LogP contribution < -0.4 is 0 Å². The topological polar surface area (TPSA) is 81.8 Å². The predicted octanol–water partition coefficient (Wildman–Crippen LogP) is -0.267. The van der Waals surface area contributed by atoms with E-state index < -0.39 is 17.3 Å². The molecule has 70 valence electrons. The normalized spacial score (nSPS) is 35.0. The standard InChI is InChI=1S/C6H11NO5/c1-4-2-5(12-7(9)10)6(3-8)11-4/h4-6,8H,2-3H2,1H3/t4-,5+,6+/m0/s1. The maximum absolute atomic E-state index is 9.97. The van der Waals surface area contributed by atoms with Crippen molar-refractivity contribution < 1.29 is 19.8 Å². The zero-order valence-corrected chi connectivity index (χ0v) is 6.67. The van der Waals surface area contributed by atoms with Gasteiger partial charge in [-0.05, 0) is 6.92 Å². The Balaban J connectivity index is 2.46. The van der Waals surface area contributed by atoms with E-state index in [0.717, 1.165) is 0 Å². The fourth-order valence-electron chi connectivity index (χ4n) is 1.30. The van der Waals surface area contributed by atoms with Crippen molar-refractivity contribution >= 4 is 0 Å². The van der Waals surface area contributed by atoms with Crippen molar-refractivity contribution in [2.75, 3.05) is 6.61 Å². The lowest BCUT2D eigenvalue weighted by molar-refractivity contribution is -0.769. The second-order valence-electron chi connectivity index (χ2n) is 2.77. The number of nitrogens with zero attached hydrogens (tertiary/aromatic N) is 1. The SMILES string of the molecule is C[C@H]1C[C@@H](O[N+](=O)[O-])[C@@H](CO)O1. The van der Waals surface area contributed by atoms with Gasteiger partial charge in [-0.2, -0.15) is 0 Å². The van der Waals surface area contributed by atoms with Gasteiger partial charge in [-0.25, -0.2) is 0 Å². The van der Waals surface area contributed by atoms with Gasteiger partial charge in [0.25, 0.3) is 5.09 Å².